The number of hydrogen-bond donors (Lipinski definition) is 1. The number of anilines is 1. The quantitative estimate of drug-likeness (QED) is 0.852. The van der Waals surface area contributed by atoms with E-state index in [0.717, 1.165) is 38.4 Å². The molecule has 98 valence electrons. The molecule has 2 aliphatic rings. The molecule has 0 bridgehead atoms. The Kier molecular flexibility index (Phi) is 3.48. The van der Waals surface area contributed by atoms with Crippen molar-refractivity contribution in [3.8, 4) is 0 Å². The molecular weight excluding hydrogens is 229 g/mol. The third-order valence-electron chi connectivity index (χ3n) is 3.95. The van der Waals surface area contributed by atoms with E-state index in [1.54, 1.807) is 12.1 Å². The van der Waals surface area contributed by atoms with E-state index in [1.165, 1.54) is 13.0 Å². The van der Waals surface area contributed by atoms with Crippen molar-refractivity contribution < 1.29 is 4.39 Å². The van der Waals surface area contributed by atoms with Gasteiger partial charge < -0.3 is 10.2 Å². The maximum absolute atomic E-state index is 13.6. The number of halogens is 1. The van der Waals surface area contributed by atoms with E-state index in [0.29, 0.717) is 6.04 Å². The Morgan fingerprint density at radius 2 is 1.94 bits per heavy atom. The third-order valence-corrected chi connectivity index (χ3v) is 3.95. The van der Waals surface area contributed by atoms with Crippen molar-refractivity contribution in [2.24, 2.45) is 0 Å². The summed E-state index contributed by atoms with van der Waals surface area (Å²) in [5.41, 5.74) is 0.752. The van der Waals surface area contributed by atoms with Crippen LogP contribution in [0.2, 0.25) is 0 Å². The molecule has 2 aliphatic heterocycles. The summed E-state index contributed by atoms with van der Waals surface area (Å²) < 4.78 is 13.6. The predicted molar refractivity (Wildman–Crippen MR) is 71.5 cm³/mol. The zero-order valence-electron chi connectivity index (χ0n) is 10.6. The number of para-hydroxylation sites is 1. The van der Waals surface area contributed by atoms with E-state index < -0.39 is 0 Å². The van der Waals surface area contributed by atoms with Gasteiger partial charge in [0.15, 0.2) is 0 Å². The number of hydrogen-bond acceptors (Lipinski definition) is 3. The second kappa shape index (κ2) is 5.24. The van der Waals surface area contributed by atoms with Gasteiger partial charge in [0, 0.05) is 32.2 Å². The molecule has 1 aromatic rings. The molecule has 0 unspecified atom stereocenters. The molecule has 18 heavy (non-hydrogen) atoms. The van der Waals surface area contributed by atoms with Gasteiger partial charge in [0.25, 0.3) is 0 Å². The van der Waals surface area contributed by atoms with Crippen LogP contribution in [0.15, 0.2) is 24.3 Å². The molecule has 0 amide bonds. The van der Waals surface area contributed by atoms with Gasteiger partial charge in [0.2, 0.25) is 0 Å². The van der Waals surface area contributed by atoms with Gasteiger partial charge in [-0.25, -0.2) is 4.39 Å². The standard InChI is InChI=1S/C14H20FN3/c15-13-4-1-2-5-14(13)18-10-12(11-18)17-8-3-6-16-7-9-17/h1-2,4-5,12,16H,3,6-11H2. The maximum Gasteiger partial charge on any atom is 0.146 e. The lowest BCUT2D eigenvalue weighted by Crippen LogP contribution is -2.60. The molecule has 0 radical (unpaired) electrons. The van der Waals surface area contributed by atoms with Crippen LogP contribution >= 0.6 is 0 Å². The lowest BCUT2D eigenvalue weighted by Gasteiger charge is -2.46. The van der Waals surface area contributed by atoms with Crippen LogP contribution < -0.4 is 10.2 Å². The molecule has 1 N–H and O–H groups in total. The van der Waals surface area contributed by atoms with E-state index in [9.17, 15) is 4.39 Å². The Labute approximate surface area is 108 Å². The Morgan fingerprint density at radius 3 is 2.78 bits per heavy atom. The Balaban J connectivity index is 1.58. The largest absolute Gasteiger partial charge is 0.366 e. The molecule has 0 spiro atoms. The van der Waals surface area contributed by atoms with E-state index >= 15 is 0 Å². The molecule has 0 aromatic heterocycles. The monoisotopic (exact) mass is 249 g/mol. The van der Waals surface area contributed by atoms with Crippen LogP contribution in [0, 0.1) is 5.82 Å². The van der Waals surface area contributed by atoms with Crippen molar-refractivity contribution >= 4 is 5.69 Å². The normalized spacial score (nSPS) is 22.6. The highest BCUT2D eigenvalue weighted by Crippen LogP contribution is 2.26. The van der Waals surface area contributed by atoms with Gasteiger partial charge in [-0.15, -0.1) is 0 Å². The average molecular weight is 249 g/mol. The van der Waals surface area contributed by atoms with Crippen molar-refractivity contribution in [1.82, 2.24) is 10.2 Å². The van der Waals surface area contributed by atoms with E-state index in [2.05, 4.69) is 15.1 Å². The zero-order chi connectivity index (χ0) is 12.4. The number of benzene rings is 1. The van der Waals surface area contributed by atoms with Gasteiger partial charge in [0.05, 0.1) is 5.69 Å². The van der Waals surface area contributed by atoms with E-state index in [4.69, 9.17) is 0 Å². The summed E-state index contributed by atoms with van der Waals surface area (Å²) in [7, 11) is 0. The molecule has 2 heterocycles. The lowest BCUT2D eigenvalue weighted by atomic mass is 10.1. The van der Waals surface area contributed by atoms with Crippen LogP contribution in [-0.2, 0) is 0 Å². The minimum Gasteiger partial charge on any atom is -0.366 e. The Bertz CT molecular complexity index is 396. The van der Waals surface area contributed by atoms with Crippen molar-refractivity contribution in [2.45, 2.75) is 12.5 Å². The Morgan fingerprint density at radius 1 is 1.11 bits per heavy atom. The van der Waals surface area contributed by atoms with E-state index in [1.807, 2.05) is 12.1 Å². The molecule has 0 saturated carbocycles. The average Bonchev–Trinajstić information content (AvgIpc) is 2.59. The summed E-state index contributed by atoms with van der Waals surface area (Å²) in [5.74, 6) is -0.103. The molecule has 4 heteroatoms. The highest BCUT2D eigenvalue weighted by molar-refractivity contribution is 5.50. The van der Waals surface area contributed by atoms with Crippen LogP contribution in [-0.4, -0.2) is 50.2 Å². The minimum absolute atomic E-state index is 0.103. The second-order valence-electron chi connectivity index (χ2n) is 5.15. The molecule has 1 aromatic carbocycles. The topological polar surface area (TPSA) is 18.5 Å². The van der Waals surface area contributed by atoms with Crippen LogP contribution in [0.5, 0.6) is 0 Å². The summed E-state index contributed by atoms with van der Waals surface area (Å²) in [6.07, 6.45) is 1.22. The van der Waals surface area contributed by atoms with Crippen LogP contribution in [0.4, 0.5) is 10.1 Å². The number of nitrogens with one attached hydrogen (secondary N) is 1. The van der Waals surface area contributed by atoms with E-state index in [-0.39, 0.29) is 5.82 Å². The van der Waals surface area contributed by atoms with Crippen LogP contribution in [0.3, 0.4) is 0 Å². The van der Waals surface area contributed by atoms with Crippen molar-refractivity contribution in [3.63, 3.8) is 0 Å². The van der Waals surface area contributed by atoms with Gasteiger partial charge in [-0.05, 0) is 31.6 Å². The Hall–Kier alpha value is -1.13. The van der Waals surface area contributed by atoms with Crippen molar-refractivity contribution in [2.75, 3.05) is 44.2 Å². The highest BCUT2D eigenvalue weighted by Gasteiger charge is 2.32. The van der Waals surface area contributed by atoms with Gasteiger partial charge >= 0.3 is 0 Å². The van der Waals surface area contributed by atoms with Crippen LogP contribution in [0.1, 0.15) is 6.42 Å². The zero-order valence-corrected chi connectivity index (χ0v) is 10.6. The molecule has 0 atom stereocenters. The summed E-state index contributed by atoms with van der Waals surface area (Å²) >= 11 is 0. The first kappa shape index (κ1) is 11.9. The predicted octanol–water partition coefficient (Wildman–Crippen LogP) is 1.31. The fraction of sp³-hybridized carbons (Fsp3) is 0.571. The smallest absolute Gasteiger partial charge is 0.146 e. The molecule has 3 nitrogen and oxygen atoms in total. The van der Waals surface area contributed by atoms with Gasteiger partial charge in [-0.3, -0.25) is 4.90 Å². The first-order valence-corrected chi connectivity index (χ1v) is 6.79. The summed E-state index contributed by atoms with van der Waals surface area (Å²) in [6.45, 7) is 6.41. The number of rotatable bonds is 2. The fourth-order valence-corrected chi connectivity index (χ4v) is 2.82. The maximum atomic E-state index is 13.6. The van der Waals surface area contributed by atoms with Gasteiger partial charge in [-0.2, -0.15) is 0 Å². The second-order valence-corrected chi connectivity index (χ2v) is 5.15. The highest BCUT2D eigenvalue weighted by atomic mass is 19.1. The molecule has 2 fully saturated rings. The first-order chi connectivity index (χ1) is 8.84. The number of nitrogens with zero attached hydrogens (tertiary/aromatic N) is 2. The minimum atomic E-state index is -0.103. The molecule has 3 rings (SSSR count). The molecule has 2 saturated heterocycles. The lowest BCUT2D eigenvalue weighted by molar-refractivity contribution is 0.176. The first-order valence-electron chi connectivity index (χ1n) is 6.79. The van der Waals surface area contributed by atoms with Crippen LogP contribution in [0.25, 0.3) is 0 Å². The SMILES string of the molecule is Fc1ccccc1N1CC(N2CCCNCC2)C1. The molecule has 0 aliphatic carbocycles. The summed E-state index contributed by atoms with van der Waals surface area (Å²) in [4.78, 5) is 4.68. The third kappa shape index (κ3) is 2.35. The molecular formula is C14H20FN3. The van der Waals surface area contributed by atoms with Crippen molar-refractivity contribution in [1.29, 1.82) is 0 Å². The van der Waals surface area contributed by atoms with Gasteiger partial charge in [0.1, 0.15) is 5.82 Å². The summed E-state index contributed by atoms with van der Waals surface area (Å²) in [5, 5.41) is 3.42. The van der Waals surface area contributed by atoms with Crippen molar-refractivity contribution in [3.05, 3.63) is 30.1 Å². The van der Waals surface area contributed by atoms with Gasteiger partial charge in [-0.1, -0.05) is 12.1 Å². The summed E-state index contributed by atoms with van der Waals surface area (Å²) in [6, 6.07) is 7.66. The fourth-order valence-electron chi connectivity index (χ4n) is 2.82.